The normalized spacial score (nSPS) is 24.7. The predicted octanol–water partition coefficient (Wildman–Crippen LogP) is 3.38. The van der Waals surface area contributed by atoms with E-state index < -0.39 is 0 Å². The molecule has 2 unspecified atom stereocenters. The van der Waals surface area contributed by atoms with Crippen LogP contribution in [0.3, 0.4) is 0 Å². The van der Waals surface area contributed by atoms with E-state index in [-0.39, 0.29) is 6.10 Å². The molecule has 19 heavy (non-hydrogen) atoms. The van der Waals surface area contributed by atoms with E-state index in [1.54, 1.807) is 0 Å². The van der Waals surface area contributed by atoms with E-state index in [0.717, 1.165) is 18.8 Å². The van der Waals surface area contributed by atoms with Crippen LogP contribution < -0.4 is 4.90 Å². The third-order valence-corrected chi connectivity index (χ3v) is 4.74. The second-order valence-corrected chi connectivity index (χ2v) is 6.37. The van der Waals surface area contributed by atoms with Crippen molar-refractivity contribution >= 4 is 5.69 Å². The highest BCUT2D eigenvalue weighted by Gasteiger charge is 2.31. The van der Waals surface area contributed by atoms with Gasteiger partial charge in [-0.1, -0.05) is 31.0 Å². The standard InChI is InChI=1S/C17H25NO/c1-13(19)10-16-11-15-8-4-5-9-17(15)18(16)12-14-6-2-3-7-14/h4-5,8-9,13-14,16,19H,2-3,6-7,10-12H2,1H3. The molecule has 0 aromatic heterocycles. The first-order valence-corrected chi connectivity index (χ1v) is 7.76. The van der Waals surface area contributed by atoms with Crippen molar-refractivity contribution in [2.75, 3.05) is 11.4 Å². The van der Waals surface area contributed by atoms with E-state index in [2.05, 4.69) is 29.2 Å². The Bertz CT molecular complexity index is 423. The summed E-state index contributed by atoms with van der Waals surface area (Å²) in [6.45, 7) is 3.10. The monoisotopic (exact) mass is 259 g/mol. The number of anilines is 1. The Labute approximate surface area is 116 Å². The fourth-order valence-corrected chi connectivity index (χ4v) is 3.85. The first-order chi connectivity index (χ1) is 9.24. The summed E-state index contributed by atoms with van der Waals surface area (Å²) in [7, 11) is 0. The fraction of sp³-hybridized carbons (Fsp3) is 0.647. The molecule has 1 saturated carbocycles. The van der Waals surface area contributed by atoms with Crippen molar-refractivity contribution in [1.82, 2.24) is 0 Å². The second-order valence-electron chi connectivity index (χ2n) is 6.37. The summed E-state index contributed by atoms with van der Waals surface area (Å²) in [6.07, 6.45) is 7.38. The minimum atomic E-state index is -0.203. The van der Waals surface area contributed by atoms with Crippen LogP contribution in [0.2, 0.25) is 0 Å². The van der Waals surface area contributed by atoms with E-state index in [4.69, 9.17) is 0 Å². The van der Waals surface area contributed by atoms with Gasteiger partial charge >= 0.3 is 0 Å². The molecule has 1 aromatic rings. The molecule has 0 bridgehead atoms. The molecule has 0 spiro atoms. The Morgan fingerprint density at radius 3 is 2.74 bits per heavy atom. The Morgan fingerprint density at radius 2 is 2.00 bits per heavy atom. The molecule has 1 heterocycles. The molecule has 2 atom stereocenters. The van der Waals surface area contributed by atoms with Gasteiger partial charge < -0.3 is 10.0 Å². The number of fused-ring (bicyclic) bond motifs is 1. The number of aliphatic hydroxyl groups excluding tert-OH is 1. The van der Waals surface area contributed by atoms with Crippen LogP contribution in [-0.2, 0) is 6.42 Å². The third-order valence-electron chi connectivity index (χ3n) is 4.74. The maximum absolute atomic E-state index is 9.74. The van der Waals surface area contributed by atoms with Crippen molar-refractivity contribution in [2.45, 2.75) is 57.6 Å². The van der Waals surface area contributed by atoms with Gasteiger partial charge in [0.25, 0.3) is 0 Å². The lowest BCUT2D eigenvalue weighted by atomic mass is 10.0. The van der Waals surface area contributed by atoms with Crippen molar-refractivity contribution in [3.63, 3.8) is 0 Å². The number of rotatable bonds is 4. The molecule has 1 aliphatic heterocycles. The average Bonchev–Trinajstić information content (AvgIpc) is 2.99. The highest BCUT2D eigenvalue weighted by molar-refractivity contribution is 5.59. The van der Waals surface area contributed by atoms with Gasteiger partial charge in [-0.25, -0.2) is 0 Å². The van der Waals surface area contributed by atoms with Crippen molar-refractivity contribution in [1.29, 1.82) is 0 Å². The van der Waals surface area contributed by atoms with E-state index in [1.165, 1.54) is 43.5 Å². The molecule has 1 N–H and O–H groups in total. The van der Waals surface area contributed by atoms with E-state index in [1.807, 2.05) is 6.92 Å². The van der Waals surface area contributed by atoms with E-state index in [0.29, 0.717) is 6.04 Å². The van der Waals surface area contributed by atoms with Gasteiger partial charge in [-0.05, 0) is 50.2 Å². The zero-order valence-corrected chi connectivity index (χ0v) is 11.9. The summed E-state index contributed by atoms with van der Waals surface area (Å²) >= 11 is 0. The Balaban J connectivity index is 1.78. The topological polar surface area (TPSA) is 23.5 Å². The summed E-state index contributed by atoms with van der Waals surface area (Å²) in [4.78, 5) is 2.58. The summed E-state index contributed by atoms with van der Waals surface area (Å²) < 4.78 is 0. The molecular weight excluding hydrogens is 234 g/mol. The second kappa shape index (κ2) is 5.54. The molecule has 3 rings (SSSR count). The summed E-state index contributed by atoms with van der Waals surface area (Å²) in [5.74, 6) is 0.864. The first-order valence-electron chi connectivity index (χ1n) is 7.76. The average molecular weight is 259 g/mol. The zero-order chi connectivity index (χ0) is 13.2. The number of para-hydroxylation sites is 1. The van der Waals surface area contributed by atoms with Gasteiger partial charge in [0, 0.05) is 18.3 Å². The van der Waals surface area contributed by atoms with Crippen LogP contribution in [0.15, 0.2) is 24.3 Å². The summed E-state index contributed by atoms with van der Waals surface area (Å²) in [5, 5.41) is 9.74. The number of aliphatic hydroxyl groups is 1. The number of hydrogen-bond donors (Lipinski definition) is 1. The number of nitrogens with zero attached hydrogens (tertiary/aromatic N) is 1. The van der Waals surface area contributed by atoms with Gasteiger partial charge in [-0.3, -0.25) is 0 Å². The molecule has 104 valence electrons. The minimum absolute atomic E-state index is 0.203. The van der Waals surface area contributed by atoms with Crippen LogP contribution in [0.1, 0.15) is 44.6 Å². The maximum atomic E-state index is 9.74. The lowest BCUT2D eigenvalue weighted by Crippen LogP contribution is -2.37. The van der Waals surface area contributed by atoms with E-state index >= 15 is 0 Å². The summed E-state index contributed by atoms with van der Waals surface area (Å²) in [6, 6.07) is 9.28. The van der Waals surface area contributed by atoms with Crippen LogP contribution in [0.4, 0.5) is 5.69 Å². The molecule has 1 aromatic carbocycles. The lowest BCUT2D eigenvalue weighted by Gasteiger charge is -2.31. The highest BCUT2D eigenvalue weighted by atomic mass is 16.3. The minimum Gasteiger partial charge on any atom is -0.393 e. The van der Waals surface area contributed by atoms with Crippen LogP contribution in [-0.4, -0.2) is 23.8 Å². The molecule has 2 aliphatic rings. The van der Waals surface area contributed by atoms with Crippen molar-refractivity contribution in [2.24, 2.45) is 5.92 Å². The zero-order valence-electron chi connectivity index (χ0n) is 11.9. The van der Waals surface area contributed by atoms with Crippen LogP contribution in [0.25, 0.3) is 0 Å². The molecule has 0 saturated heterocycles. The molecule has 0 radical (unpaired) electrons. The maximum Gasteiger partial charge on any atom is 0.0531 e. The Morgan fingerprint density at radius 1 is 1.26 bits per heavy atom. The third kappa shape index (κ3) is 2.79. The largest absolute Gasteiger partial charge is 0.393 e. The fourth-order valence-electron chi connectivity index (χ4n) is 3.85. The first kappa shape index (κ1) is 13.0. The van der Waals surface area contributed by atoms with Crippen molar-refractivity contribution in [3.05, 3.63) is 29.8 Å². The van der Waals surface area contributed by atoms with Crippen LogP contribution in [0.5, 0.6) is 0 Å². The smallest absolute Gasteiger partial charge is 0.0531 e. The Kier molecular flexibility index (Phi) is 3.79. The van der Waals surface area contributed by atoms with Crippen molar-refractivity contribution in [3.8, 4) is 0 Å². The molecule has 0 amide bonds. The van der Waals surface area contributed by atoms with Crippen LogP contribution in [0, 0.1) is 5.92 Å². The highest BCUT2D eigenvalue weighted by Crippen LogP contribution is 2.36. The molecular formula is C17H25NO. The van der Waals surface area contributed by atoms with Gasteiger partial charge in [0.2, 0.25) is 0 Å². The lowest BCUT2D eigenvalue weighted by molar-refractivity contribution is 0.173. The number of benzene rings is 1. The van der Waals surface area contributed by atoms with Gasteiger partial charge in [0.1, 0.15) is 0 Å². The molecule has 1 aliphatic carbocycles. The molecule has 1 fully saturated rings. The van der Waals surface area contributed by atoms with Crippen LogP contribution >= 0.6 is 0 Å². The van der Waals surface area contributed by atoms with Gasteiger partial charge in [-0.15, -0.1) is 0 Å². The van der Waals surface area contributed by atoms with Gasteiger partial charge in [0.15, 0.2) is 0 Å². The molecule has 2 nitrogen and oxygen atoms in total. The number of hydrogen-bond acceptors (Lipinski definition) is 2. The van der Waals surface area contributed by atoms with Crippen molar-refractivity contribution < 1.29 is 5.11 Å². The Hall–Kier alpha value is -1.02. The molecule has 2 heteroatoms. The quantitative estimate of drug-likeness (QED) is 0.896. The van der Waals surface area contributed by atoms with Gasteiger partial charge in [-0.2, -0.15) is 0 Å². The van der Waals surface area contributed by atoms with Gasteiger partial charge in [0.05, 0.1) is 6.10 Å². The van der Waals surface area contributed by atoms with E-state index in [9.17, 15) is 5.11 Å². The SMILES string of the molecule is CC(O)CC1Cc2ccccc2N1CC1CCCC1. The predicted molar refractivity (Wildman–Crippen MR) is 79.5 cm³/mol. The summed E-state index contributed by atoms with van der Waals surface area (Å²) in [5.41, 5.74) is 2.88.